The van der Waals surface area contributed by atoms with E-state index in [1.165, 1.54) is 7.11 Å². The first-order valence-corrected chi connectivity index (χ1v) is 5.57. The van der Waals surface area contributed by atoms with Gasteiger partial charge in [0.25, 0.3) is 0 Å². The molecule has 3 N–H and O–H groups in total. The number of esters is 1. The molecule has 0 aromatic carbocycles. The second-order valence-corrected chi connectivity index (χ2v) is 4.15. The Hall–Kier alpha value is -1.10. The van der Waals surface area contributed by atoms with Crippen molar-refractivity contribution >= 4 is 11.9 Å². The highest BCUT2D eigenvalue weighted by atomic mass is 16.5. The molecule has 0 saturated carbocycles. The van der Waals surface area contributed by atoms with E-state index in [9.17, 15) is 9.59 Å². The maximum Gasteiger partial charge on any atom is 0.328 e. The Balaban J connectivity index is 4.40. The molecule has 5 heteroatoms. The lowest BCUT2D eigenvalue weighted by Gasteiger charge is -2.21. The quantitative estimate of drug-likeness (QED) is 0.648. The summed E-state index contributed by atoms with van der Waals surface area (Å²) in [6, 6.07) is -1.18. The fraction of sp³-hybridized carbons (Fsp3) is 0.818. The number of carbonyl (C=O) groups is 2. The summed E-state index contributed by atoms with van der Waals surface area (Å²) in [6.45, 7) is 5.63. The average molecular weight is 230 g/mol. The molecule has 94 valence electrons. The zero-order valence-electron chi connectivity index (χ0n) is 10.4. The van der Waals surface area contributed by atoms with Crippen LogP contribution in [-0.4, -0.2) is 31.1 Å². The van der Waals surface area contributed by atoms with Crippen molar-refractivity contribution in [2.75, 3.05) is 7.11 Å². The zero-order chi connectivity index (χ0) is 12.7. The Labute approximate surface area is 96.7 Å². The van der Waals surface area contributed by atoms with Crippen LogP contribution in [0.2, 0.25) is 0 Å². The molecule has 16 heavy (non-hydrogen) atoms. The van der Waals surface area contributed by atoms with Crippen LogP contribution >= 0.6 is 0 Å². The lowest BCUT2D eigenvalue weighted by molar-refractivity contribution is -0.146. The van der Waals surface area contributed by atoms with Gasteiger partial charge in [-0.1, -0.05) is 27.2 Å². The number of rotatable bonds is 6. The molecule has 1 unspecified atom stereocenters. The number of hydrogen-bond acceptors (Lipinski definition) is 4. The van der Waals surface area contributed by atoms with Crippen molar-refractivity contribution in [3.05, 3.63) is 0 Å². The summed E-state index contributed by atoms with van der Waals surface area (Å²) >= 11 is 0. The normalized spacial score (nSPS) is 14.4. The van der Waals surface area contributed by atoms with Crippen LogP contribution in [0.25, 0.3) is 0 Å². The SMILES string of the molecule is CCC[C@@H](N)C(=O)NC(C(=O)OC)C(C)C. The molecule has 0 saturated heterocycles. The maximum absolute atomic E-state index is 11.6. The van der Waals surface area contributed by atoms with E-state index in [1.54, 1.807) is 0 Å². The summed E-state index contributed by atoms with van der Waals surface area (Å²) in [5.41, 5.74) is 5.65. The molecule has 0 spiro atoms. The zero-order valence-corrected chi connectivity index (χ0v) is 10.4. The third-order valence-corrected chi connectivity index (χ3v) is 2.36. The van der Waals surface area contributed by atoms with Crippen LogP contribution < -0.4 is 11.1 Å². The predicted octanol–water partition coefficient (Wildman–Crippen LogP) is 0.428. The van der Waals surface area contributed by atoms with E-state index >= 15 is 0 Å². The van der Waals surface area contributed by atoms with Crippen LogP contribution in [0, 0.1) is 5.92 Å². The van der Waals surface area contributed by atoms with Gasteiger partial charge in [-0.25, -0.2) is 4.79 Å². The van der Waals surface area contributed by atoms with E-state index in [4.69, 9.17) is 5.73 Å². The first-order valence-electron chi connectivity index (χ1n) is 5.57. The van der Waals surface area contributed by atoms with Crippen molar-refractivity contribution in [1.29, 1.82) is 0 Å². The van der Waals surface area contributed by atoms with E-state index in [1.807, 2.05) is 20.8 Å². The fourth-order valence-electron chi connectivity index (χ4n) is 1.33. The van der Waals surface area contributed by atoms with Crippen molar-refractivity contribution in [2.45, 2.75) is 45.7 Å². The predicted molar refractivity (Wildman–Crippen MR) is 61.7 cm³/mol. The van der Waals surface area contributed by atoms with Crippen LogP contribution in [0.1, 0.15) is 33.6 Å². The average Bonchev–Trinajstić information content (AvgIpc) is 2.24. The number of nitrogens with one attached hydrogen (secondary N) is 1. The summed E-state index contributed by atoms with van der Waals surface area (Å²) in [4.78, 5) is 23.0. The summed E-state index contributed by atoms with van der Waals surface area (Å²) in [7, 11) is 1.30. The summed E-state index contributed by atoms with van der Waals surface area (Å²) < 4.78 is 4.62. The van der Waals surface area contributed by atoms with Gasteiger partial charge in [0, 0.05) is 0 Å². The van der Waals surface area contributed by atoms with Gasteiger partial charge in [-0.05, 0) is 12.3 Å². The first-order chi connectivity index (χ1) is 7.43. The Kier molecular flexibility index (Phi) is 6.72. The largest absolute Gasteiger partial charge is 0.467 e. The monoisotopic (exact) mass is 230 g/mol. The number of carbonyl (C=O) groups excluding carboxylic acids is 2. The van der Waals surface area contributed by atoms with Gasteiger partial charge in [0.2, 0.25) is 5.91 Å². The van der Waals surface area contributed by atoms with Crippen LogP contribution in [0.3, 0.4) is 0 Å². The van der Waals surface area contributed by atoms with E-state index in [0.717, 1.165) is 6.42 Å². The minimum Gasteiger partial charge on any atom is -0.467 e. The second-order valence-electron chi connectivity index (χ2n) is 4.15. The summed E-state index contributed by atoms with van der Waals surface area (Å²) in [5, 5.41) is 2.61. The van der Waals surface area contributed by atoms with Gasteiger partial charge in [0.05, 0.1) is 13.2 Å². The van der Waals surface area contributed by atoms with Crippen LogP contribution in [0.4, 0.5) is 0 Å². The Morgan fingerprint density at radius 3 is 2.31 bits per heavy atom. The molecule has 0 bridgehead atoms. The summed E-state index contributed by atoms with van der Waals surface area (Å²) in [5.74, 6) is -0.761. The van der Waals surface area contributed by atoms with E-state index in [-0.39, 0.29) is 11.8 Å². The summed E-state index contributed by atoms with van der Waals surface area (Å²) in [6.07, 6.45) is 1.44. The van der Waals surface area contributed by atoms with Crippen molar-refractivity contribution in [3.8, 4) is 0 Å². The minimum atomic E-state index is -0.625. The highest BCUT2D eigenvalue weighted by Gasteiger charge is 2.26. The highest BCUT2D eigenvalue weighted by molar-refractivity contribution is 5.87. The molecular formula is C11H22N2O3. The van der Waals surface area contributed by atoms with Gasteiger partial charge in [0.1, 0.15) is 6.04 Å². The number of hydrogen-bond donors (Lipinski definition) is 2. The molecule has 0 fully saturated rings. The molecule has 0 aromatic rings. The lowest BCUT2D eigenvalue weighted by Crippen LogP contribution is -2.50. The van der Waals surface area contributed by atoms with Crippen LogP contribution in [0.15, 0.2) is 0 Å². The van der Waals surface area contributed by atoms with Crippen LogP contribution in [0.5, 0.6) is 0 Å². The standard InChI is InChI=1S/C11H22N2O3/c1-5-6-8(12)10(14)13-9(7(2)3)11(15)16-4/h7-9H,5-6,12H2,1-4H3,(H,13,14)/t8-,9?/m1/s1. The lowest BCUT2D eigenvalue weighted by atomic mass is 10.0. The Morgan fingerprint density at radius 1 is 1.38 bits per heavy atom. The molecule has 0 heterocycles. The molecule has 0 aliphatic heterocycles. The van der Waals surface area contributed by atoms with Crippen molar-refractivity contribution in [1.82, 2.24) is 5.32 Å². The maximum atomic E-state index is 11.6. The molecule has 1 amide bonds. The smallest absolute Gasteiger partial charge is 0.328 e. The van der Waals surface area contributed by atoms with Gasteiger partial charge in [0.15, 0.2) is 0 Å². The highest BCUT2D eigenvalue weighted by Crippen LogP contribution is 2.04. The Bertz CT molecular complexity index is 241. The topological polar surface area (TPSA) is 81.4 Å². The minimum absolute atomic E-state index is 0.0229. The van der Waals surface area contributed by atoms with Crippen molar-refractivity contribution < 1.29 is 14.3 Å². The molecule has 0 aliphatic carbocycles. The van der Waals surface area contributed by atoms with Crippen molar-refractivity contribution in [2.24, 2.45) is 11.7 Å². The molecule has 2 atom stereocenters. The number of ether oxygens (including phenoxy) is 1. The third kappa shape index (κ3) is 4.61. The Morgan fingerprint density at radius 2 is 1.94 bits per heavy atom. The molecule has 0 rings (SSSR count). The fourth-order valence-corrected chi connectivity index (χ4v) is 1.33. The third-order valence-electron chi connectivity index (χ3n) is 2.36. The molecular weight excluding hydrogens is 208 g/mol. The van der Waals surface area contributed by atoms with Crippen molar-refractivity contribution in [3.63, 3.8) is 0 Å². The van der Waals surface area contributed by atoms with E-state index < -0.39 is 18.1 Å². The molecule has 0 radical (unpaired) electrons. The second kappa shape index (κ2) is 7.22. The van der Waals surface area contributed by atoms with Gasteiger partial charge < -0.3 is 15.8 Å². The molecule has 5 nitrogen and oxygen atoms in total. The van der Waals surface area contributed by atoms with Gasteiger partial charge in [-0.2, -0.15) is 0 Å². The van der Waals surface area contributed by atoms with Gasteiger partial charge in [-0.15, -0.1) is 0 Å². The van der Waals surface area contributed by atoms with Gasteiger partial charge in [-0.3, -0.25) is 4.79 Å². The molecule has 0 aliphatic rings. The molecule has 0 aromatic heterocycles. The van der Waals surface area contributed by atoms with Crippen LogP contribution in [-0.2, 0) is 14.3 Å². The van der Waals surface area contributed by atoms with E-state index in [0.29, 0.717) is 6.42 Å². The number of nitrogens with two attached hydrogens (primary N) is 1. The number of amides is 1. The first kappa shape index (κ1) is 14.9. The number of methoxy groups -OCH3 is 1. The van der Waals surface area contributed by atoms with E-state index in [2.05, 4.69) is 10.1 Å². The van der Waals surface area contributed by atoms with Gasteiger partial charge >= 0.3 is 5.97 Å².